The largest absolute Gasteiger partial charge is 0.367 e. The van der Waals surface area contributed by atoms with E-state index in [9.17, 15) is 0 Å². The summed E-state index contributed by atoms with van der Waals surface area (Å²) < 4.78 is 0. The highest BCUT2D eigenvalue weighted by Crippen LogP contribution is 2.42. The molecule has 1 aromatic carbocycles. The van der Waals surface area contributed by atoms with Crippen LogP contribution in [0.25, 0.3) is 0 Å². The van der Waals surface area contributed by atoms with Gasteiger partial charge in [0.15, 0.2) is 0 Å². The van der Waals surface area contributed by atoms with Gasteiger partial charge in [0.2, 0.25) is 0 Å². The van der Waals surface area contributed by atoms with Crippen LogP contribution in [-0.4, -0.2) is 16.0 Å². The summed E-state index contributed by atoms with van der Waals surface area (Å²) in [7, 11) is 0. The Balaban J connectivity index is 1.66. The van der Waals surface area contributed by atoms with Gasteiger partial charge in [-0.3, -0.25) is 0 Å². The lowest BCUT2D eigenvalue weighted by atomic mass is 10.1. The fourth-order valence-electron chi connectivity index (χ4n) is 2.15. The zero-order valence-corrected chi connectivity index (χ0v) is 9.80. The Morgan fingerprint density at radius 1 is 1.18 bits per heavy atom. The van der Waals surface area contributed by atoms with Crippen LogP contribution in [0.2, 0.25) is 0 Å². The van der Waals surface area contributed by atoms with E-state index in [2.05, 4.69) is 45.6 Å². The molecule has 0 aliphatic heterocycles. The maximum Gasteiger partial charge on any atom is 0.129 e. The molecule has 1 aromatic heterocycles. The minimum absolute atomic E-state index is 0.520. The summed E-state index contributed by atoms with van der Waals surface area (Å²) in [6.45, 7) is 1.91. The molecule has 2 atom stereocenters. The molecule has 0 radical (unpaired) electrons. The van der Waals surface area contributed by atoms with E-state index in [4.69, 9.17) is 0 Å². The van der Waals surface area contributed by atoms with E-state index in [0.29, 0.717) is 12.0 Å². The van der Waals surface area contributed by atoms with E-state index in [1.165, 1.54) is 12.0 Å². The molecule has 3 heteroatoms. The van der Waals surface area contributed by atoms with Gasteiger partial charge in [0.25, 0.3) is 0 Å². The van der Waals surface area contributed by atoms with Gasteiger partial charge in [-0.15, -0.1) is 0 Å². The molecule has 1 saturated carbocycles. The smallest absolute Gasteiger partial charge is 0.129 e. The Morgan fingerprint density at radius 2 is 2.00 bits per heavy atom. The van der Waals surface area contributed by atoms with Crippen LogP contribution < -0.4 is 5.32 Å². The number of rotatable bonds is 3. The molecule has 1 aliphatic rings. The predicted molar refractivity (Wildman–Crippen MR) is 68.0 cm³/mol. The van der Waals surface area contributed by atoms with Crippen molar-refractivity contribution >= 4 is 5.82 Å². The number of hydrogen-bond acceptors (Lipinski definition) is 3. The maximum absolute atomic E-state index is 4.36. The molecule has 0 amide bonds. The van der Waals surface area contributed by atoms with Crippen LogP contribution in [-0.2, 0) is 0 Å². The molecule has 0 bridgehead atoms. The molecular formula is C14H15N3. The first-order chi connectivity index (χ1) is 8.33. The van der Waals surface area contributed by atoms with E-state index >= 15 is 0 Å². The summed E-state index contributed by atoms with van der Waals surface area (Å²) in [6.07, 6.45) is 2.98. The van der Waals surface area contributed by atoms with Crippen molar-refractivity contribution in [3.8, 4) is 0 Å². The fourth-order valence-corrected chi connectivity index (χ4v) is 2.15. The number of hydrogen-bond donors (Lipinski definition) is 1. The zero-order chi connectivity index (χ0) is 11.7. The van der Waals surface area contributed by atoms with Gasteiger partial charge in [0.1, 0.15) is 11.6 Å². The van der Waals surface area contributed by atoms with Crippen molar-refractivity contribution in [3.05, 3.63) is 54.0 Å². The second kappa shape index (κ2) is 4.17. The van der Waals surface area contributed by atoms with Crippen LogP contribution >= 0.6 is 0 Å². The van der Waals surface area contributed by atoms with E-state index < -0.39 is 0 Å². The lowest BCUT2D eigenvalue weighted by Crippen LogP contribution is -2.06. The lowest BCUT2D eigenvalue weighted by Gasteiger charge is -2.05. The van der Waals surface area contributed by atoms with Crippen molar-refractivity contribution in [2.24, 2.45) is 0 Å². The van der Waals surface area contributed by atoms with E-state index in [1.807, 2.05) is 13.0 Å². The number of aromatic nitrogens is 2. The van der Waals surface area contributed by atoms with Gasteiger partial charge < -0.3 is 5.32 Å². The minimum atomic E-state index is 0.520. The first-order valence-corrected chi connectivity index (χ1v) is 5.94. The Kier molecular flexibility index (Phi) is 2.52. The highest BCUT2D eigenvalue weighted by atomic mass is 15.1. The second-order valence-corrected chi connectivity index (χ2v) is 4.49. The number of anilines is 1. The predicted octanol–water partition coefficient (Wildman–Crippen LogP) is 2.75. The molecular weight excluding hydrogens is 210 g/mol. The molecule has 3 rings (SSSR count). The van der Waals surface area contributed by atoms with E-state index in [1.54, 1.807) is 6.20 Å². The Labute approximate surface area is 101 Å². The molecule has 1 aliphatic carbocycles. The standard InChI is InChI=1S/C14H15N3/c1-10-15-8-7-14(16-10)17-13-9-12(13)11-5-3-2-4-6-11/h2-8,12-13H,9H2,1H3,(H,15,16,17). The number of nitrogens with one attached hydrogen (secondary N) is 1. The van der Waals surface area contributed by atoms with Gasteiger partial charge in [0, 0.05) is 18.2 Å². The van der Waals surface area contributed by atoms with E-state index in [0.717, 1.165) is 11.6 Å². The van der Waals surface area contributed by atoms with Crippen molar-refractivity contribution in [3.63, 3.8) is 0 Å². The summed E-state index contributed by atoms with van der Waals surface area (Å²) in [6, 6.07) is 13.1. The lowest BCUT2D eigenvalue weighted by molar-refractivity contribution is 0.995. The van der Waals surface area contributed by atoms with Crippen molar-refractivity contribution in [2.45, 2.75) is 25.3 Å². The van der Waals surface area contributed by atoms with Crippen LogP contribution in [0.1, 0.15) is 23.7 Å². The minimum Gasteiger partial charge on any atom is -0.367 e. The monoisotopic (exact) mass is 225 g/mol. The number of benzene rings is 1. The topological polar surface area (TPSA) is 37.8 Å². The zero-order valence-electron chi connectivity index (χ0n) is 9.80. The van der Waals surface area contributed by atoms with Crippen molar-refractivity contribution in [1.82, 2.24) is 9.97 Å². The Bertz CT molecular complexity index is 510. The highest BCUT2D eigenvalue weighted by Gasteiger charge is 2.38. The van der Waals surface area contributed by atoms with Crippen LogP contribution in [0.5, 0.6) is 0 Å². The normalized spacial score (nSPS) is 22.2. The third kappa shape index (κ3) is 2.28. The molecule has 86 valence electrons. The van der Waals surface area contributed by atoms with Gasteiger partial charge in [-0.05, 0) is 25.0 Å². The molecule has 0 saturated heterocycles. The summed E-state index contributed by atoms with van der Waals surface area (Å²) in [5, 5.41) is 3.45. The van der Waals surface area contributed by atoms with Crippen molar-refractivity contribution < 1.29 is 0 Å². The molecule has 1 fully saturated rings. The SMILES string of the molecule is Cc1nccc(NC2CC2c2ccccc2)n1. The molecule has 2 unspecified atom stereocenters. The average molecular weight is 225 g/mol. The molecule has 3 nitrogen and oxygen atoms in total. The van der Waals surface area contributed by atoms with E-state index in [-0.39, 0.29) is 0 Å². The van der Waals surface area contributed by atoms with Gasteiger partial charge in [-0.25, -0.2) is 9.97 Å². The summed E-state index contributed by atoms with van der Waals surface area (Å²) >= 11 is 0. The van der Waals surface area contributed by atoms with Crippen LogP contribution in [0.4, 0.5) is 5.82 Å². The van der Waals surface area contributed by atoms with Gasteiger partial charge >= 0.3 is 0 Å². The molecule has 1 N–H and O–H groups in total. The summed E-state index contributed by atoms with van der Waals surface area (Å²) in [5.41, 5.74) is 1.41. The van der Waals surface area contributed by atoms with Crippen molar-refractivity contribution in [2.75, 3.05) is 5.32 Å². The molecule has 1 heterocycles. The van der Waals surface area contributed by atoms with Gasteiger partial charge in [0.05, 0.1) is 0 Å². The maximum atomic E-state index is 4.36. The summed E-state index contributed by atoms with van der Waals surface area (Å²) in [4.78, 5) is 8.45. The first-order valence-electron chi connectivity index (χ1n) is 5.94. The summed E-state index contributed by atoms with van der Waals surface area (Å²) in [5.74, 6) is 2.37. The molecule has 2 aromatic rings. The third-order valence-corrected chi connectivity index (χ3v) is 3.13. The van der Waals surface area contributed by atoms with Gasteiger partial charge in [-0.1, -0.05) is 30.3 Å². The fraction of sp³-hybridized carbons (Fsp3) is 0.286. The van der Waals surface area contributed by atoms with Gasteiger partial charge in [-0.2, -0.15) is 0 Å². The quantitative estimate of drug-likeness (QED) is 0.872. The third-order valence-electron chi connectivity index (χ3n) is 3.13. The Hall–Kier alpha value is -1.90. The second-order valence-electron chi connectivity index (χ2n) is 4.49. The molecule has 17 heavy (non-hydrogen) atoms. The average Bonchev–Trinajstić information content (AvgIpc) is 3.10. The Morgan fingerprint density at radius 3 is 2.76 bits per heavy atom. The van der Waals surface area contributed by atoms with Crippen LogP contribution in [0.15, 0.2) is 42.6 Å². The number of nitrogens with zero attached hydrogens (tertiary/aromatic N) is 2. The van der Waals surface area contributed by atoms with Crippen molar-refractivity contribution in [1.29, 1.82) is 0 Å². The van der Waals surface area contributed by atoms with Crippen LogP contribution in [0.3, 0.4) is 0 Å². The number of aryl methyl sites for hydroxylation is 1. The highest BCUT2D eigenvalue weighted by molar-refractivity contribution is 5.41. The molecule has 0 spiro atoms. The van der Waals surface area contributed by atoms with Crippen LogP contribution in [0, 0.1) is 6.92 Å². The first kappa shape index (κ1) is 10.3.